The van der Waals surface area contributed by atoms with Crippen molar-refractivity contribution in [2.45, 2.75) is 56.6 Å². The molecule has 6 aliphatic heterocycles. The van der Waals surface area contributed by atoms with Crippen LogP contribution in [0.1, 0.15) is 25.7 Å². The summed E-state index contributed by atoms with van der Waals surface area (Å²) >= 11 is 0. The molecular formula is C29H43N9O4. The van der Waals surface area contributed by atoms with Gasteiger partial charge in [0.1, 0.15) is 24.8 Å². The number of anilines is 2. The van der Waals surface area contributed by atoms with Crippen LogP contribution in [0.25, 0.3) is 0 Å². The van der Waals surface area contributed by atoms with Crippen LogP contribution in [0.2, 0.25) is 0 Å². The summed E-state index contributed by atoms with van der Waals surface area (Å²) in [5.41, 5.74) is 2.05. The summed E-state index contributed by atoms with van der Waals surface area (Å²) in [5.74, 6) is 0.724. The van der Waals surface area contributed by atoms with Gasteiger partial charge < -0.3 is 29.5 Å². The first-order chi connectivity index (χ1) is 20.5. The number of rotatable bonds is 4. The summed E-state index contributed by atoms with van der Waals surface area (Å²) in [6, 6.07) is 6.20. The van der Waals surface area contributed by atoms with Gasteiger partial charge in [0.05, 0.1) is 37.2 Å². The topological polar surface area (TPSA) is 117 Å². The Hall–Kier alpha value is -2.94. The highest BCUT2D eigenvalue weighted by molar-refractivity contribution is 5.82. The molecule has 42 heavy (non-hydrogen) atoms. The average Bonchev–Trinajstić information content (AvgIpc) is 3.26. The molecule has 0 radical (unpaired) electrons. The number of amides is 2. The Morgan fingerprint density at radius 3 is 2.74 bits per heavy atom. The average molecular weight is 582 g/mol. The maximum absolute atomic E-state index is 13.7. The quantitative estimate of drug-likeness (QED) is 0.382. The molecule has 5 saturated heterocycles. The van der Waals surface area contributed by atoms with Gasteiger partial charge in [-0.3, -0.25) is 25.5 Å². The lowest BCUT2D eigenvalue weighted by Crippen LogP contribution is -2.71. The van der Waals surface area contributed by atoms with E-state index in [1.54, 1.807) is 12.1 Å². The van der Waals surface area contributed by atoms with Gasteiger partial charge in [-0.05, 0) is 50.9 Å². The van der Waals surface area contributed by atoms with Crippen LogP contribution in [-0.2, 0) is 14.3 Å². The van der Waals surface area contributed by atoms with Crippen LogP contribution >= 0.6 is 0 Å². The summed E-state index contributed by atoms with van der Waals surface area (Å²) in [5, 5.41) is 18.5. The van der Waals surface area contributed by atoms with E-state index < -0.39 is 0 Å². The van der Waals surface area contributed by atoms with Crippen molar-refractivity contribution in [1.82, 2.24) is 35.8 Å². The number of hydrazine groups is 1. The molecule has 13 nitrogen and oxygen atoms in total. The molecule has 13 heteroatoms. The third-order valence-corrected chi connectivity index (χ3v) is 9.52. The molecule has 228 valence electrons. The predicted molar refractivity (Wildman–Crippen MR) is 157 cm³/mol. The number of hydrogen-bond acceptors (Lipinski definition) is 11. The lowest BCUT2D eigenvalue weighted by molar-refractivity contribution is -0.173. The lowest BCUT2D eigenvalue weighted by Gasteiger charge is -2.50. The Morgan fingerprint density at radius 2 is 1.90 bits per heavy atom. The van der Waals surface area contributed by atoms with Crippen molar-refractivity contribution in [3.8, 4) is 5.75 Å². The molecule has 6 aliphatic rings. The van der Waals surface area contributed by atoms with Gasteiger partial charge in [0.25, 0.3) is 0 Å². The molecule has 1 aromatic rings. The number of nitrogens with one attached hydrogen (secondary N) is 4. The molecule has 0 spiro atoms. The van der Waals surface area contributed by atoms with Crippen LogP contribution in [0.15, 0.2) is 30.5 Å². The maximum atomic E-state index is 13.7. The normalized spacial score (nSPS) is 34.1. The summed E-state index contributed by atoms with van der Waals surface area (Å²) in [6.45, 7) is 5.29. The minimum absolute atomic E-state index is 0.0274. The van der Waals surface area contributed by atoms with Crippen molar-refractivity contribution in [2.75, 3.05) is 70.2 Å². The van der Waals surface area contributed by atoms with Crippen LogP contribution in [0, 0.1) is 5.92 Å². The lowest BCUT2D eigenvalue weighted by atomic mass is 9.99. The predicted octanol–water partition coefficient (Wildman–Crippen LogP) is -0.0927. The van der Waals surface area contributed by atoms with Crippen LogP contribution in [-0.4, -0.2) is 123 Å². The number of fused-ring (bicyclic) bond motifs is 5. The number of likely N-dealkylation sites (N-methyl/N-ethyl adjacent to an activating group) is 1. The first kappa shape index (κ1) is 27.9. The van der Waals surface area contributed by atoms with E-state index in [2.05, 4.69) is 55.3 Å². The molecule has 0 saturated carbocycles. The number of allylic oxidation sites excluding steroid dienone is 1. The minimum Gasteiger partial charge on any atom is -0.495 e. The number of carbonyl (C=O) groups excluding carboxylic acids is 2. The molecule has 6 atom stereocenters. The number of benzene rings is 1. The van der Waals surface area contributed by atoms with Gasteiger partial charge in [0, 0.05) is 51.2 Å². The van der Waals surface area contributed by atoms with Crippen molar-refractivity contribution < 1.29 is 19.1 Å². The molecule has 4 N–H and O–H groups in total. The summed E-state index contributed by atoms with van der Waals surface area (Å²) in [6.07, 6.45) is 6.43. The number of nitrogens with zero attached hydrogens (tertiary/aromatic N) is 5. The van der Waals surface area contributed by atoms with E-state index in [0.29, 0.717) is 13.1 Å². The van der Waals surface area contributed by atoms with Gasteiger partial charge in [0.2, 0.25) is 11.8 Å². The van der Waals surface area contributed by atoms with E-state index in [-0.39, 0.29) is 55.2 Å². The highest BCUT2D eigenvalue weighted by Crippen LogP contribution is 2.35. The van der Waals surface area contributed by atoms with Crippen molar-refractivity contribution in [1.29, 1.82) is 0 Å². The Labute approximate surface area is 247 Å². The number of piperidine rings is 1. The van der Waals surface area contributed by atoms with Crippen LogP contribution in [0.5, 0.6) is 5.75 Å². The zero-order valence-electron chi connectivity index (χ0n) is 24.5. The van der Waals surface area contributed by atoms with Gasteiger partial charge in [-0.25, -0.2) is 5.01 Å². The second-order valence-corrected chi connectivity index (χ2v) is 12.1. The maximum Gasteiger partial charge on any atom is 0.249 e. The molecule has 7 rings (SSSR count). The molecule has 6 heterocycles. The van der Waals surface area contributed by atoms with E-state index in [9.17, 15) is 9.59 Å². The number of morpholine rings is 1. The molecule has 2 amide bonds. The number of hydrogen-bond donors (Lipinski definition) is 4. The Bertz CT molecular complexity index is 1210. The highest BCUT2D eigenvalue weighted by atomic mass is 16.5. The third-order valence-electron chi connectivity index (χ3n) is 9.52. The number of carbonyl (C=O) groups is 2. The highest BCUT2D eigenvalue weighted by Gasteiger charge is 2.53. The van der Waals surface area contributed by atoms with Gasteiger partial charge in [-0.15, -0.1) is 0 Å². The van der Waals surface area contributed by atoms with Crippen LogP contribution in [0.3, 0.4) is 0 Å². The monoisotopic (exact) mass is 581 g/mol. The van der Waals surface area contributed by atoms with Crippen LogP contribution in [0.4, 0.5) is 11.4 Å². The van der Waals surface area contributed by atoms with E-state index in [4.69, 9.17) is 9.47 Å². The molecule has 5 fully saturated rings. The molecule has 0 aromatic heterocycles. The second kappa shape index (κ2) is 11.6. The Kier molecular flexibility index (Phi) is 7.71. The third kappa shape index (κ3) is 5.12. The standard InChI is InChI=1S/C29H43N9O4/c1-34-12-14-35(15-13-34)21-16-19(6-7-22(21)41-2)31-29-30-17-20-26(33-29)38-24-9-8-23-27(32-24)36(25(39)18-42-23)10-4-3-5-11-37(38)28(20)40/h5-7,11,16,20,23-24,26-27,29-33H,3-4,8-10,12-15,17-18H2,1-2H3. The molecule has 2 bridgehead atoms. The van der Waals surface area contributed by atoms with Crippen molar-refractivity contribution in [2.24, 2.45) is 5.92 Å². The Balaban J connectivity index is 1.11. The molecule has 0 aliphatic carbocycles. The van der Waals surface area contributed by atoms with Crippen LogP contribution < -0.4 is 30.9 Å². The van der Waals surface area contributed by atoms with E-state index in [1.807, 2.05) is 23.2 Å². The van der Waals surface area contributed by atoms with Gasteiger partial charge in [-0.2, -0.15) is 5.01 Å². The van der Waals surface area contributed by atoms with E-state index in [0.717, 1.165) is 69.0 Å². The zero-order valence-corrected chi connectivity index (χ0v) is 24.5. The van der Waals surface area contributed by atoms with Gasteiger partial charge >= 0.3 is 0 Å². The first-order valence-electron chi connectivity index (χ1n) is 15.3. The fraction of sp³-hybridized carbons (Fsp3) is 0.655. The van der Waals surface area contributed by atoms with E-state index in [1.165, 1.54) is 0 Å². The smallest absolute Gasteiger partial charge is 0.249 e. The van der Waals surface area contributed by atoms with Gasteiger partial charge in [-0.1, -0.05) is 6.08 Å². The zero-order chi connectivity index (χ0) is 28.8. The van der Waals surface area contributed by atoms with Crippen molar-refractivity contribution >= 4 is 23.2 Å². The van der Waals surface area contributed by atoms with E-state index >= 15 is 0 Å². The molecule has 1 aromatic carbocycles. The second-order valence-electron chi connectivity index (χ2n) is 12.1. The summed E-state index contributed by atoms with van der Waals surface area (Å²) in [7, 11) is 3.87. The largest absolute Gasteiger partial charge is 0.495 e. The van der Waals surface area contributed by atoms with Crippen molar-refractivity contribution in [3.63, 3.8) is 0 Å². The molecule has 6 unspecified atom stereocenters. The SMILES string of the molecule is COc1ccc(NC2NCC3C(=O)N4C=CCCCN5C(=O)COC6CCC(NC65)N4C3N2)cc1N1CCN(C)CC1. The first-order valence-corrected chi connectivity index (χ1v) is 15.3. The summed E-state index contributed by atoms with van der Waals surface area (Å²) < 4.78 is 11.6. The number of piperazine rings is 1. The fourth-order valence-corrected chi connectivity index (χ4v) is 7.21. The number of ether oxygens (including phenoxy) is 2. The number of methoxy groups -OCH3 is 1. The van der Waals surface area contributed by atoms with Gasteiger partial charge in [0.15, 0.2) is 0 Å². The Morgan fingerprint density at radius 1 is 1.05 bits per heavy atom. The molecular weight excluding hydrogens is 538 g/mol. The minimum atomic E-state index is -0.248. The fourth-order valence-electron chi connectivity index (χ4n) is 7.21. The van der Waals surface area contributed by atoms with Crippen molar-refractivity contribution in [3.05, 3.63) is 30.5 Å². The summed E-state index contributed by atoms with van der Waals surface area (Å²) in [4.78, 5) is 33.1.